The highest BCUT2D eigenvalue weighted by Gasteiger charge is 2.13. The Bertz CT molecular complexity index is 626. The van der Waals surface area contributed by atoms with E-state index in [2.05, 4.69) is 25.5 Å². The van der Waals surface area contributed by atoms with Gasteiger partial charge >= 0.3 is 5.69 Å². The topological polar surface area (TPSA) is 117 Å². The van der Waals surface area contributed by atoms with Crippen LogP contribution < -0.4 is 16.6 Å². The number of hydrogen-bond acceptors (Lipinski definition) is 6. The van der Waals surface area contributed by atoms with Crippen molar-refractivity contribution in [2.24, 2.45) is 0 Å². The first-order valence-corrected chi connectivity index (χ1v) is 4.94. The summed E-state index contributed by atoms with van der Waals surface area (Å²) in [6.45, 7) is 3.53. The van der Waals surface area contributed by atoms with Gasteiger partial charge in [-0.25, -0.2) is 14.9 Å². The van der Waals surface area contributed by atoms with E-state index in [0.29, 0.717) is 11.7 Å². The van der Waals surface area contributed by atoms with Crippen molar-refractivity contribution in [2.75, 3.05) is 5.32 Å². The van der Waals surface area contributed by atoms with E-state index in [9.17, 15) is 9.59 Å². The van der Waals surface area contributed by atoms with Gasteiger partial charge in [0.1, 0.15) is 11.8 Å². The number of H-pyrrole nitrogens is 2. The SMILES string of the molecule is Cc1cnc(C(C)Nc2n[nH]c(=O)[nH]c2=O)o1. The summed E-state index contributed by atoms with van der Waals surface area (Å²) in [5, 5.41) is 8.50. The molecule has 2 aromatic heterocycles. The standard InChI is InChI=1S/C9H11N5O3/c1-4-3-10-8(17-4)5(2)11-6-7(15)12-9(16)14-13-6/h3,5H,1-2H3,(H,11,13)(H2,12,14,15,16). The minimum Gasteiger partial charge on any atom is -0.444 e. The number of nitrogens with one attached hydrogen (secondary N) is 3. The van der Waals surface area contributed by atoms with Crippen molar-refractivity contribution in [1.29, 1.82) is 0 Å². The fraction of sp³-hybridized carbons (Fsp3) is 0.333. The second kappa shape index (κ2) is 4.24. The molecular weight excluding hydrogens is 226 g/mol. The third-order valence-corrected chi connectivity index (χ3v) is 2.07. The molecule has 0 amide bonds. The molecule has 0 aliphatic rings. The van der Waals surface area contributed by atoms with E-state index < -0.39 is 11.2 Å². The van der Waals surface area contributed by atoms with Crippen molar-refractivity contribution in [3.63, 3.8) is 0 Å². The van der Waals surface area contributed by atoms with Gasteiger partial charge in [-0.2, -0.15) is 0 Å². The van der Waals surface area contributed by atoms with Gasteiger partial charge in [-0.3, -0.25) is 9.78 Å². The number of aromatic nitrogens is 4. The Morgan fingerprint density at radius 1 is 1.47 bits per heavy atom. The summed E-state index contributed by atoms with van der Waals surface area (Å²) in [6.07, 6.45) is 1.58. The number of rotatable bonds is 3. The van der Waals surface area contributed by atoms with E-state index in [0.717, 1.165) is 0 Å². The van der Waals surface area contributed by atoms with Crippen LogP contribution in [0.15, 0.2) is 20.2 Å². The van der Waals surface area contributed by atoms with Crippen molar-refractivity contribution in [3.8, 4) is 0 Å². The van der Waals surface area contributed by atoms with E-state index in [4.69, 9.17) is 4.42 Å². The van der Waals surface area contributed by atoms with Gasteiger partial charge < -0.3 is 9.73 Å². The minimum absolute atomic E-state index is 0.00736. The first-order valence-electron chi connectivity index (χ1n) is 4.94. The highest BCUT2D eigenvalue weighted by molar-refractivity contribution is 5.31. The Balaban J connectivity index is 2.21. The van der Waals surface area contributed by atoms with E-state index in [-0.39, 0.29) is 11.9 Å². The fourth-order valence-electron chi connectivity index (χ4n) is 1.28. The second-order valence-corrected chi connectivity index (χ2v) is 3.53. The molecule has 3 N–H and O–H groups in total. The van der Waals surface area contributed by atoms with Gasteiger partial charge in [-0.1, -0.05) is 0 Å². The lowest BCUT2D eigenvalue weighted by atomic mass is 10.3. The molecule has 0 aliphatic carbocycles. The van der Waals surface area contributed by atoms with Crippen LogP contribution in [0.1, 0.15) is 24.6 Å². The number of aryl methyl sites for hydroxylation is 1. The highest BCUT2D eigenvalue weighted by Crippen LogP contribution is 2.14. The predicted octanol–water partition coefficient (Wildman–Crippen LogP) is -0.0723. The van der Waals surface area contributed by atoms with Crippen LogP contribution in [0, 0.1) is 6.92 Å². The summed E-state index contributed by atoms with van der Waals surface area (Å²) in [7, 11) is 0. The molecule has 1 atom stereocenters. The molecule has 0 spiro atoms. The Kier molecular flexibility index (Phi) is 2.77. The number of oxazole rings is 1. The van der Waals surface area contributed by atoms with Crippen LogP contribution in [-0.4, -0.2) is 20.2 Å². The maximum absolute atomic E-state index is 11.4. The number of hydrogen-bond donors (Lipinski definition) is 3. The zero-order valence-electron chi connectivity index (χ0n) is 9.27. The van der Waals surface area contributed by atoms with Crippen LogP contribution >= 0.6 is 0 Å². The zero-order chi connectivity index (χ0) is 12.4. The maximum atomic E-state index is 11.4. The molecule has 0 aliphatic heterocycles. The lowest BCUT2D eigenvalue weighted by Crippen LogP contribution is -2.27. The molecule has 0 bridgehead atoms. The smallest absolute Gasteiger partial charge is 0.342 e. The van der Waals surface area contributed by atoms with Crippen LogP contribution in [0.3, 0.4) is 0 Å². The average molecular weight is 237 g/mol. The number of anilines is 1. The number of nitrogens with zero attached hydrogens (tertiary/aromatic N) is 2. The summed E-state index contributed by atoms with van der Waals surface area (Å²) >= 11 is 0. The fourth-order valence-corrected chi connectivity index (χ4v) is 1.28. The monoisotopic (exact) mass is 237 g/mol. The Labute approximate surface area is 95.1 Å². The molecule has 0 aromatic carbocycles. The van der Waals surface area contributed by atoms with E-state index in [1.54, 1.807) is 20.0 Å². The van der Waals surface area contributed by atoms with E-state index in [1.807, 2.05) is 0 Å². The quantitative estimate of drug-likeness (QED) is 0.687. The normalized spacial score (nSPS) is 12.4. The molecule has 0 radical (unpaired) electrons. The molecule has 1 unspecified atom stereocenters. The van der Waals surface area contributed by atoms with E-state index in [1.165, 1.54) is 0 Å². The van der Waals surface area contributed by atoms with Crippen molar-refractivity contribution >= 4 is 5.82 Å². The summed E-state index contributed by atoms with van der Waals surface area (Å²) in [5.74, 6) is 1.12. The first-order chi connectivity index (χ1) is 8.06. The summed E-state index contributed by atoms with van der Waals surface area (Å²) < 4.78 is 5.30. The van der Waals surface area contributed by atoms with Crippen molar-refractivity contribution < 1.29 is 4.42 Å². The average Bonchev–Trinajstić information content (AvgIpc) is 2.69. The molecule has 0 fully saturated rings. The van der Waals surface area contributed by atoms with Gasteiger partial charge in [0.25, 0.3) is 5.56 Å². The lowest BCUT2D eigenvalue weighted by molar-refractivity contribution is 0.453. The van der Waals surface area contributed by atoms with Gasteiger partial charge in [-0.15, -0.1) is 5.10 Å². The van der Waals surface area contributed by atoms with Crippen LogP contribution in [-0.2, 0) is 0 Å². The summed E-state index contributed by atoms with van der Waals surface area (Å²) in [4.78, 5) is 28.2. The molecule has 8 heteroatoms. The van der Waals surface area contributed by atoms with Gasteiger partial charge in [0.05, 0.1) is 6.20 Å². The molecule has 0 saturated carbocycles. The van der Waals surface area contributed by atoms with Gasteiger partial charge in [0.15, 0.2) is 0 Å². The molecule has 0 saturated heterocycles. The molecule has 90 valence electrons. The van der Waals surface area contributed by atoms with Crippen LogP contribution in [0.25, 0.3) is 0 Å². The lowest BCUT2D eigenvalue weighted by Gasteiger charge is -2.08. The van der Waals surface area contributed by atoms with Gasteiger partial charge in [0.2, 0.25) is 11.7 Å². The first kappa shape index (κ1) is 11.1. The van der Waals surface area contributed by atoms with Crippen LogP contribution in [0.4, 0.5) is 5.82 Å². The molecule has 2 heterocycles. The molecule has 2 rings (SSSR count). The Morgan fingerprint density at radius 2 is 2.24 bits per heavy atom. The Hall–Kier alpha value is -2.38. The zero-order valence-corrected chi connectivity index (χ0v) is 9.27. The van der Waals surface area contributed by atoms with Crippen molar-refractivity contribution in [1.82, 2.24) is 20.2 Å². The molecule has 17 heavy (non-hydrogen) atoms. The second-order valence-electron chi connectivity index (χ2n) is 3.53. The maximum Gasteiger partial charge on any atom is 0.342 e. The molecule has 2 aromatic rings. The van der Waals surface area contributed by atoms with Crippen LogP contribution in [0.5, 0.6) is 0 Å². The minimum atomic E-state index is -0.653. The number of aromatic amines is 2. The van der Waals surface area contributed by atoms with Crippen LogP contribution in [0.2, 0.25) is 0 Å². The third-order valence-electron chi connectivity index (χ3n) is 2.07. The highest BCUT2D eigenvalue weighted by atomic mass is 16.4. The van der Waals surface area contributed by atoms with Crippen molar-refractivity contribution in [2.45, 2.75) is 19.9 Å². The predicted molar refractivity (Wildman–Crippen MR) is 58.8 cm³/mol. The van der Waals surface area contributed by atoms with E-state index >= 15 is 0 Å². The van der Waals surface area contributed by atoms with Gasteiger partial charge in [-0.05, 0) is 13.8 Å². The molecular formula is C9H11N5O3. The molecule has 8 nitrogen and oxygen atoms in total. The third kappa shape index (κ3) is 2.41. The van der Waals surface area contributed by atoms with Crippen molar-refractivity contribution in [3.05, 3.63) is 38.7 Å². The Morgan fingerprint density at radius 3 is 2.82 bits per heavy atom. The summed E-state index contributed by atoms with van der Waals surface area (Å²) in [5.41, 5.74) is -1.25. The largest absolute Gasteiger partial charge is 0.444 e. The van der Waals surface area contributed by atoms with Gasteiger partial charge in [0, 0.05) is 0 Å². The summed E-state index contributed by atoms with van der Waals surface area (Å²) in [6, 6.07) is -0.330.